The molecule has 0 radical (unpaired) electrons. The number of Topliss-reactive ketones (excluding diaryl/α,β-unsaturated/α-hetero) is 1. The van der Waals surface area contributed by atoms with E-state index < -0.39 is 5.60 Å². The molecule has 0 spiro atoms. The molecule has 0 aliphatic heterocycles. The average Bonchev–Trinajstić information content (AvgIpc) is 2.40. The summed E-state index contributed by atoms with van der Waals surface area (Å²) in [4.78, 5) is 12.0. The van der Waals surface area contributed by atoms with Crippen LogP contribution in [0, 0.1) is 23.7 Å². The lowest BCUT2D eigenvalue weighted by atomic mass is 9.59. The fourth-order valence-corrected chi connectivity index (χ4v) is 4.35. The summed E-state index contributed by atoms with van der Waals surface area (Å²) in [5, 5.41) is 10.4. The molecule has 2 nitrogen and oxygen atoms in total. The summed E-state index contributed by atoms with van der Waals surface area (Å²) in [5.74, 6) is 1.42. The maximum absolute atomic E-state index is 12.0. The molecule has 0 heterocycles. The second-order valence-electron chi connectivity index (χ2n) is 5.56. The van der Waals surface area contributed by atoms with Crippen molar-refractivity contribution in [3.63, 3.8) is 0 Å². The summed E-state index contributed by atoms with van der Waals surface area (Å²) in [6.07, 6.45) is 5.41. The van der Waals surface area contributed by atoms with Gasteiger partial charge in [0.15, 0.2) is 0 Å². The lowest BCUT2D eigenvalue weighted by molar-refractivity contribution is -0.155. The first-order chi connectivity index (χ1) is 6.62. The molecule has 3 aliphatic rings. The summed E-state index contributed by atoms with van der Waals surface area (Å²) in [7, 11) is 0. The molecule has 1 N–H and O–H groups in total. The van der Waals surface area contributed by atoms with Crippen molar-refractivity contribution in [3.8, 4) is 0 Å². The monoisotopic (exact) mass is 194 g/mol. The van der Waals surface area contributed by atoms with Gasteiger partial charge in [0.1, 0.15) is 5.78 Å². The van der Waals surface area contributed by atoms with Gasteiger partial charge < -0.3 is 5.11 Å². The minimum atomic E-state index is -0.538. The van der Waals surface area contributed by atoms with Crippen LogP contribution in [-0.4, -0.2) is 16.5 Å². The third-order valence-corrected chi connectivity index (χ3v) is 5.02. The molecule has 0 aromatic heterocycles. The van der Waals surface area contributed by atoms with Crippen LogP contribution in [0.4, 0.5) is 0 Å². The third-order valence-electron chi connectivity index (χ3n) is 5.02. The molecular formula is C12H18O2. The van der Waals surface area contributed by atoms with E-state index in [0.717, 1.165) is 25.7 Å². The van der Waals surface area contributed by atoms with Crippen molar-refractivity contribution in [2.45, 2.75) is 44.6 Å². The van der Waals surface area contributed by atoms with Crippen LogP contribution in [0.25, 0.3) is 0 Å². The largest absolute Gasteiger partial charge is 0.390 e. The molecule has 4 unspecified atom stereocenters. The fourth-order valence-electron chi connectivity index (χ4n) is 4.35. The first-order valence-electron chi connectivity index (χ1n) is 5.88. The maximum Gasteiger partial charge on any atom is 0.139 e. The summed E-state index contributed by atoms with van der Waals surface area (Å²) in [6, 6.07) is 0. The van der Waals surface area contributed by atoms with Crippen molar-refractivity contribution in [3.05, 3.63) is 0 Å². The Hall–Kier alpha value is -0.370. The van der Waals surface area contributed by atoms with Crippen molar-refractivity contribution < 1.29 is 9.90 Å². The molecule has 0 amide bonds. The van der Waals surface area contributed by atoms with Crippen molar-refractivity contribution in [1.82, 2.24) is 0 Å². The molecule has 3 aliphatic carbocycles. The van der Waals surface area contributed by atoms with Gasteiger partial charge in [0, 0.05) is 11.8 Å². The Bertz CT molecular complexity index is 258. The van der Waals surface area contributed by atoms with Gasteiger partial charge in [-0.15, -0.1) is 0 Å². The van der Waals surface area contributed by atoms with Crippen molar-refractivity contribution in [2.24, 2.45) is 23.7 Å². The molecule has 3 rings (SSSR count). The van der Waals surface area contributed by atoms with E-state index in [9.17, 15) is 9.90 Å². The Balaban J connectivity index is 2.05. The van der Waals surface area contributed by atoms with Gasteiger partial charge in [-0.25, -0.2) is 0 Å². The molecule has 78 valence electrons. The van der Waals surface area contributed by atoms with Gasteiger partial charge in [-0.2, -0.15) is 0 Å². The van der Waals surface area contributed by atoms with Crippen LogP contribution in [0.5, 0.6) is 0 Å². The first-order valence-corrected chi connectivity index (χ1v) is 5.88. The normalized spacial score (nSPS) is 56.3. The Kier molecular flexibility index (Phi) is 1.65. The predicted octanol–water partition coefficient (Wildman–Crippen LogP) is 1.76. The van der Waals surface area contributed by atoms with Gasteiger partial charge in [0.05, 0.1) is 5.60 Å². The molecule has 0 aromatic carbocycles. The van der Waals surface area contributed by atoms with Crippen LogP contribution >= 0.6 is 0 Å². The first kappa shape index (κ1) is 8.90. The van der Waals surface area contributed by atoms with E-state index in [1.165, 1.54) is 6.42 Å². The predicted molar refractivity (Wildman–Crippen MR) is 52.7 cm³/mol. The Morgan fingerprint density at radius 3 is 2.14 bits per heavy atom. The summed E-state index contributed by atoms with van der Waals surface area (Å²) in [6.45, 7) is 1.97. The Morgan fingerprint density at radius 2 is 1.64 bits per heavy atom. The zero-order valence-corrected chi connectivity index (χ0v) is 8.70. The minimum absolute atomic E-state index is 0.197. The summed E-state index contributed by atoms with van der Waals surface area (Å²) >= 11 is 0. The Morgan fingerprint density at radius 1 is 1.14 bits per heavy atom. The van der Waals surface area contributed by atoms with Crippen LogP contribution in [0.2, 0.25) is 0 Å². The highest BCUT2D eigenvalue weighted by Gasteiger charge is 2.60. The maximum atomic E-state index is 12.0. The number of hydrogen-bond acceptors (Lipinski definition) is 2. The highest BCUT2D eigenvalue weighted by atomic mass is 16.3. The number of ketones is 1. The van der Waals surface area contributed by atoms with E-state index in [-0.39, 0.29) is 23.7 Å². The highest BCUT2D eigenvalue weighted by molar-refractivity contribution is 5.86. The van der Waals surface area contributed by atoms with Crippen molar-refractivity contribution in [2.75, 3.05) is 0 Å². The zero-order valence-electron chi connectivity index (χ0n) is 8.70. The van der Waals surface area contributed by atoms with E-state index in [1.54, 1.807) is 0 Å². The minimum Gasteiger partial charge on any atom is -0.390 e. The number of aliphatic hydroxyl groups is 1. The van der Waals surface area contributed by atoms with E-state index in [4.69, 9.17) is 0 Å². The second kappa shape index (κ2) is 2.60. The van der Waals surface area contributed by atoms with Crippen LogP contribution in [0.3, 0.4) is 0 Å². The summed E-state index contributed by atoms with van der Waals surface area (Å²) < 4.78 is 0. The van der Waals surface area contributed by atoms with Crippen LogP contribution in [0.1, 0.15) is 39.0 Å². The molecule has 0 aromatic rings. The van der Waals surface area contributed by atoms with E-state index >= 15 is 0 Å². The molecule has 0 saturated heterocycles. The molecule has 4 bridgehead atoms. The quantitative estimate of drug-likeness (QED) is 0.638. The molecule has 3 fully saturated rings. The molecular weight excluding hydrogens is 176 g/mol. The standard InChI is InChI=1S/C12H18O2/c1-12(14)9-5-6-10(12)8-4-2-3-7(9)11(8)13/h7-10,14H,2-6H2,1H3. The number of hydrogen-bond donors (Lipinski definition) is 1. The van der Waals surface area contributed by atoms with E-state index in [0.29, 0.717) is 5.78 Å². The molecule has 4 atom stereocenters. The Labute approximate surface area is 84.7 Å². The van der Waals surface area contributed by atoms with Gasteiger partial charge >= 0.3 is 0 Å². The van der Waals surface area contributed by atoms with Crippen LogP contribution in [0.15, 0.2) is 0 Å². The van der Waals surface area contributed by atoms with E-state index in [1.807, 2.05) is 6.92 Å². The molecule has 14 heavy (non-hydrogen) atoms. The van der Waals surface area contributed by atoms with Crippen molar-refractivity contribution >= 4 is 5.78 Å². The molecule has 3 saturated carbocycles. The second-order valence-corrected chi connectivity index (χ2v) is 5.56. The lowest BCUT2D eigenvalue weighted by Gasteiger charge is -2.47. The summed E-state index contributed by atoms with van der Waals surface area (Å²) in [5.41, 5.74) is -0.538. The molecule has 2 heteroatoms. The number of carbonyl (C=O) groups excluding carboxylic acids is 1. The van der Waals surface area contributed by atoms with E-state index in [2.05, 4.69) is 0 Å². The SMILES string of the molecule is CC1(O)C2CCC1C1CCCC2C1=O. The number of fused-ring (bicyclic) bond motifs is 6. The average molecular weight is 194 g/mol. The zero-order chi connectivity index (χ0) is 9.92. The van der Waals surface area contributed by atoms with Gasteiger partial charge in [0.2, 0.25) is 0 Å². The van der Waals surface area contributed by atoms with Gasteiger partial charge in [-0.05, 0) is 44.4 Å². The fraction of sp³-hybridized carbons (Fsp3) is 0.917. The number of rotatable bonds is 0. The number of carbonyl (C=O) groups is 1. The van der Waals surface area contributed by atoms with Gasteiger partial charge in [0.25, 0.3) is 0 Å². The van der Waals surface area contributed by atoms with Crippen molar-refractivity contribution in [1.29, 1.82) is 0 Å². The van der Waals surface area contributed by atoms with Gasteiger partial charge in [-0.1, -0.05) is 6.42 Å². The van der Waals surface area contributed by atoms with Gasteiger partial charge in [-0.3, -0.25) is 4.79 Å². The highest BCUT2D eigenvalue weighted by Crippen LogP contribution is 2.57. The van der Waals surface area contributed by atoms with Crippen LogP contribution in [-0.2, 0) is 4.79 Å². The smallest absolute Gasteiger partial charge is 0.139 e. The lowest BCUT2D eigenvalue weighted by Crippen LogP contribution is -2.54. The van der Waals surface area contributed by atoms with Crippen LogP contribution < -0.4 is 0 Å². The topological polar surface area (TPSA) is 37.3 Å². The third kappa shape index (κ3) is 0.881.